The largest absolute Gasteiger partial charge is 0.353 e. The molecule has 4 rings (SSSR count). The van der Waals surface area contributed by atoms with Gasteiger partial charge in [-0.1, -0.05) is 57.5 Å². The van der Waals surface area contributed by atoms with Gasteiger partial charge < -0.3 is 10.6 Å². The molecule has 1 aliphatic heterocycles. The number of hydrogen-bond donors (Lipinski definition) is 2. The third-order valence-electron chi connectivity index (χ3n) is 8.16. The predicted molar refractivity (Wildman–Crippen MR) is 115 cm³/mol. The standard InChI is InChI=1S/C25H38N2O/c1-4-23(2)14-19-15-24(3,22(28)27-21-10-12-26-13-11-21)18-25(16-19,17-23)20-8-6-5-7-9-20/h5-9,19,21,26H,4,10-18H2,1-3H3,(H,27,28). The fourth-order valence-electron chi connectivity index (χ4n) is 6.90. The van der Waals surface area contributed by atoms with Gasteiger partial charge in [0.1, 0.15) is 0 Å². The van der Waals surface area contributed by atoms with E-state index in [1.165, 1.54) is 31.2 Å². The van der Waals surface area contributed by atoms with Crippen LogP contribution in [0.2, 0.25) is 0 Å². The number of nitrogens with one attached hydrogen (secondary N) is 2. The van der Waals surface area contributed by atoms with Crippen LogP contribution in [0.3, 0.4) is 0 Å². The Kier molecular flexibility index (Phi) is 5.33. The second-order valence-electron chi connectivity index (χ2n) is 10.7. The van der Waals surface area contributed by atoms with Gasteiger partial charge in [-0.25, -0.2) is 0 Å². The minimum Gasteiger partial charge on any atom is -0.353 e. The zero-order chi connectivity index (χ0) is 19.8. The molecule has 1 aromatic rings. The van der Waals surface area contributed by atoms with E-state index in [-0.39, 0.29) is 10.8 Å². The molecule has 1 heterocycles. The van der Waals surface area contributed by atoms with E-state index in [1.54, 1.807) is 0 Å². The molecule has 2 saturated carbocycles. The summed E-state index contributed by atoms with van der Waals surface area (Å²) in [6.45, 7) is 9.12. The Morgan fingerprint density at radius 2 is 1.79 bits per heavy atom. The van der Waals surface area contributed by atoms with Gasteiger partial charge >= 0.3 is 0 Å². The fraction of sp³-hybridized carbons (Fsp3) is 0.720. The third kappa shape index (κ3) is 3.75. The van der Waals surface area contributed by atoms with Crippen molar-refractivity contribution in [3.63, 3.8) is 0 Å². The van der Waals surface area contributed by atoms with E-state index >= 15 is 0 Å². The van der Waals surface area contributed by atoms with Gasteiger partial charge in [0.2, 0.25) is 5.91 Å². The Morgan fingerprint density at radius 1 is 1.07 bits per heavy atom. The Bertz CT molecular complexity index is 698. The van der Waals surface area contributed by atoms with Crippen molar-refractivity contribution in [1.29, 1.82) is 0 Å². The number of carbonyl (C=O) groups excluding carboxylic acids is 1. The van der Waals surface area contributed by atoms with E-state index < -0.39 is 0 Å². The summed E-state index contributed by atoms with van der Waals surface area (Å²) in [5.41, 5.74) is 1.75. The molecular weight excluding hydrogens is 344 g/mol. The predicted octanol–water partition coefficient (Wildman–Crippen LogP) is 4.81. The first-order valence-electron chi connectivity index (χ1n) is 11.4. The molecule has 2 bridgehead atoms. The highest BCUT2D eigenvalue weighted by Crippen LogP contribution is 2.61. The molecule has 3 fully saturated rings. The van der Waals surface area contributed by atoms with Gasteiger partial charge in [-0.05, 0) is 80.3 Å². The molecule has 3 aliphatic rings. The summed E-state index contributed by atoms with van der Waals surface area (Å²) in [7, 11) is 0. The first kappa shape index (κ1) is 19.9. The monoisotopic (exact) mass is 382 g/mol. The third-order valence-corrected chi connectivity index (χ3v) is 8.16. The summed E-state index contributed by atoms with van der Waals surface area (Å²) < 4.78 is 0. The fourth-order valence-corrected chi connectivity index (χ4v) is 6.90. The van der Waals surface area contributed by atoms with Crippen LogP contribution >= 0.6 is 0 Å². The van der Waals surface area contributed by atoms with Gasteiger partial charge in [-0.3, -0.25) is 4.79 Å². The maximum atomic E-state index is 13.5. The van der Waals surface area contributed by atoms with Crippen molar-refractivity contribution in [2.45, 2.75) is 83.6 Å². The maximum Gasteiger partial charge on any atom is 0.226 e. The zero-order valence-electron chi connectivity index (χ0n) is 18.0. The maximum absolute atomic E-state index is 13.5. The summed E-state index contributed by atoms with van der Waals surface area (Å²) in [6.07, 6.45) is 9.13. The van der Waals surface area contributed by atoms with E-state index in [0.717, 1.165) is 38.8 Å². The Balaban J connectivity index is 1.62. The van der Waals surface area contributed by atoms with Crippen molar-refractivity contribution in [3.8, 4) is 0 Å². The SMILES string of the molecule is CCC1(C)CC2CC(C)(C(=O)NC3CCNCC3)CC(c3ccccc3)(C2)C1. The highest BCUT2D eigenvalue weighted by Gasteiger charge is 2.56. The number of piperidine rings is 1. The quantitative estimate of drug-likeness (QED) is 0.785. The van der Waals surface area contributed by atoms with E-state index in [4.69, 9.17) is 0 Å². The highest BCUT2D eigenvalue weighted by atomic mass is 16.2. The van der Waals surface area contributed by atoms with Gasteiger partial charge in [0.25, 0.3) is 0 Å². The molecule has 1 amide bonds. The number of fused-ring (bicyclic) bond motifs is 2. The summed E-state index contributed by atoms with van der Waals surface area (Å²) in [6, 6.07) is 11.5. The molecule has 3 nitrogen and oxygen atoms in total. The Hall–Kier alpha value is -1.35. The summed E-state index contributed by atoms with van der Waals surface area (Å²) >= 11 is 0. The first-order chi connectivity index (χ1) is 13.4. The molecule has 2 aliphatic carbocycles. The molecule has 0 aromatic heterocycles. The molecule has 1 saturated heterocycles. The van der Waals surface area contributed by atoms with Crippen LogP contribution in [-0.2, 0) is 10.2 Å². The minimum absolute atomic E-state index is 0.146. The summed E-state index contributed by atoms with van der Waals surface area (Å²) in [5, 5.41) is 6.84. The molecule has 154 valence electrons. The molecule has 4 unspecified atom stereocenters. The van der Waals surface area contributed by atoms with Gasteiger partial charge in [-0.15, -0.1) is 0 Å². The summed E-state index contributed by atoms with van der Waals surface area (Å²) in [5.74, 6) is 0.959. The van der Waals surface area contributed by atoms with Crippen molar-refractivity contribution < 1.29 is 4.79 Å². The molecule has 3 heteroatoms. The second kappa shape index (κ2) is 7.48. The highest BCUT2D eigenvalue weighted by molar-refractivity contribution is 5.83. The lowest BCUT2D eigenvalue weighted by atomic mass is 9.47. The number of hydrogen-bond acceptors (Lipinski definition) is 2. The average Bonchev–Trinajstić information content (AvgIpc) is 2.68. The lowest BCUT2D eigenvalue weighted by Crippen LogP contribution is -2.56. The van der Waals surface area contributed by atoms with Crippen LogP contribution in [0.15, 0.2) is 30.3 Å². The molecule has 28 heavy (non-hydrogen) atoms. The van der Waals surface area contributed by atoms with E-state index in [9.17, 15) is 4.79 Å². The minimum atomic E-state index is -0.251. The Morgan fingerprint density at radius 3 is 2.46 bits per heavy atom. The molecule has 0 radical (unpaired) electrons. The van der Waals surface area contributed by atoms with E-state index in [1.807, 2.05) is 0 Å². The number of carbonyl (C=O) groups is 1. The van der Waals surface area contributed by atoms with Gasteiger partial charge in [0, 0.05) is 11.5 Å². The van der Waals surface area contributed by atoms with E-state index in [0.29, 0.717) is 23.3 Å². The zero-order valence-corrected chi connectivity index (χ0v) is 18.0. The van der Waals surface area contributed by atoms with Crippen molar-refractivity contribution in [2.24, 2.45) is 16.7 Å². The van der Waals surface area contributed by atoms with Crippen LogP contribution in [0.25, 0.3) is 0 Å². The van der Waals surface area contributed by atoms with Crippen LogP contribution in [0.5, 0.6) is 0 Å². The van der Waals surface area contributed by atoms with Crippen LogP contribution in [-0.4, -0.2) is 25.0 Å². The second-order valence-corrected chi connectivity index (χ2v) is 10.7. The topological polar surface area (TPSA) is 41.1 Å². The van der Waals surface area contributed by atoms with Crippen LogP contribution in [0, 0.1) is 16.7 Å². The van der Waals surface area contributed by atoms with Crippen LogP contribution < -0.4 is 10.6 Å². The summed E-state index contributed by atoms with van der Waals surface area (Å²) in [4.78, 5) is 13.5. The van der Waals surface area contributed by atoms with Crippen molar-refractivity contribution >= 4 is 5.91 Å². The van der Waals surface area contributed by atoms with Crippen molar-refractivity contribution in [1.82, 2.24) is 10.6 Å². The Labute approximate surface area is 171 Å². The molecular formula is C25H38N2O. The first-order valence-corrected chi connectivity index (χ1v) is 11.4. The molecule has 4 atom stereocenters. The lowest BCUT2D eigenvalue weighted by Gasteiger charge is -2.57. The number of amides is 1. The van der Waals surface area contributed by atoms with Crippen LogP contribution in [0.4, 0.5) is 0 Å². The average molecular weight is 383 g/mol. The van der Waals surface area contributed by atoms with Gasteiger partial charge in [0.15, 0.2) is 0 Å². The number of benzene rings is 1. The van der Waals surface area contributed by atoms with Crippen LogP contribution in [0.1, 0.15) is 77.7 Å². The van der Waals surface area contributed by atoms with Crippen molar-refractivity contribution in [3.05, 3.63) is 35.9 Å². The molecule has 0 spiro atoms. The smallest absolute Gasteiger partial charge is 0.226 e. The normalized spacial score (nSPS) is 38.8. The van der Waals surface area contributed by atoms with E-state index in [2.05, 4.69) is 61.7 Å². The van der Waals surface area contributed by atoms with Crippen molar-refractivity contribution in [2.75, 3.05) is 13.1 Å². The molecule has 1 aromatic carbocycles. The lowest BCUT2D eigenvalue weighted by molar-refractivity contribution is -0.138. The van der Waals surface area contributed by atoms with Gasteiger partial charge in [-0.2, -0.15) is 0 Å². The number of rotatable bonds is 4. The van der Waals surface area contributed by atoms with Gasteiger partial charge in [0.05, 0.1) is 0 Å². The molecule has 2 N–H and O–H groups in total.